The first kappa shape index (κ1) is 22.2. The highest BCUT2D eigenvalue weighted by atomic mass is 127. The maximum absolute atomic E-state index is 5.86. The number of halogens is 1. The van der Waals surface area contributed by atoms with Crippen LogP contribution in [0, 0.1) is 5.92 Å². The lowest BCUT2D eigenvalue weighted by Crippen LogP contribution is -2.50. The smallest absolute Gasteiger partial charge is 0.191 e. The molecule has 8 heteroatoms. The summed E-state index contributed by atoms with van der Waals surface area (Å²) in [6, 6.07) is 1.95. The molecule has 1 unspecified atom stereocenters. The second kappa shape index (κ2) is 12.5. The van der Waals surface area contributed by atoms with Crippen molar-refractivity contribution in [2.24, 2.45) is 10.9 Å². The van der Waals surface area contributed by atoms with Gasteiger partial charge in [0.25, 0.3) is 0 Å². The summed E-state index contributed by atoms with van der Waals surface area (Å²) in [6.07, 6.45) is 5.02. The van der Waals surface area contributed by atoms with E-state index in [1.807, 2.05) is 16.9 Å². The first-order valence-electron chi connectivity index (χ1n) is 8.93. The molecule has 0 aromatic carbocycles. The zero-order chi connectivity index (χ0) is 17.2. The van der Waals surface area contributed by atoms with Gasteiger partial charge in [-0.15, -0.1) is 24.0 Å². The number of hydrogen-bond acceptors (Lipinski definition) is 4. The number of ether oxygens (including phenoxy) is 1. The van der Waals surface area contributed by atoms with Gasteiger partial charge in [-0.1, -0.05) is 13.8 Å². The number of morpholine rings is 1. The normalized spacial score (nSPS) is 18.9. The summed E-state index contributed by atoms with van der Waals surface area (Å²) in [4.78, 5) is 6.76. The Morgan fingerprint density at radius 2 is 2.24 bits per heavy atom. The molecule has 1 atom stereocenters. The number of nitrogens with zero attached hydrogens (tertiary/aromatic N) is 4. The van der Waals surface area contributed by atoms with Gasteiger partial charge in [0.1, 0.15) is 0 Å². The molecule has 1 fully saturated rings. The van der Waals surface area contributed by atoms with Crippen LogP contribution in [-0.4, -0.2) is 73.1 Å². The third-order valence-corrected chi connectivity index (χ3v) is 3.98. The lowest BCUT2D eigenvalue weighted by molar-refractivity contribution is -0.0284. The number of guanidine groups is 1. The predicted molar refractivity (Wildman–Crippen MR) is 113 cm³/mol. The molecule has 0 saturated carbocycles. The first-order chi connectivity index (χ1) is 11.7. The molecule has 7 nitrogen and oxygen atoms in total. The van der Waals surface area contributed by atoms with Crippen molar-refractivity contribution in [3.63, 3.8) is 0 Å². The summed E-state index contributed by atoms with van der Waals surface area (Å²) in [5.41, 5.74) is 0. The molecular formula is C17H33IN6O. The minimum absolute atomic E-state index is 0. The zero-order valence-corrected chi connectivity index (χ0v) is 18.0. The highest BCUT2D eigenvalue weighted by Gasteiger charge is 2.20. The Kier molecular flexibility index (Phi) is 11.1. The summed E-state index contributed by atoms with van der Waals surface area (Å²) in [5.74, 6) is 1.53. The molecule has 2 N–H and O–H groups in total. The van der Waals surface area contributed by atoms with Crippen molar-refractivity contribution in [2.45, 2.75) is 32.9 Å². The van der Waals surface area contributed by atoms with Crippen LogP contribution in [0.5, 0.6) is 0 Å². The Hall–Kier alpha value is -0.870. The van der Waals surface area contributed by atoms with Crippen molar-refractivity contribution in [1.29, 1.82) is 0 Å². The van der Waals surface area contributed by atoms with Gasteiger partial charge in [0, 0.05) is 58.7 Å². The molecule has 1 aliphatic rings. The molecule has 2 rings (SSSR count). The van der Waals surface area contributed by atoms with E-state index in [9.17, 15) is 0 Å². The average molecular weight is 464 g/mol. The number of aromatic nitrogens is 2. The van der Waals surface area contributed by atoms with Crippen LogP contribution in [0.15, 0.2) is 23.5 Å². The standard InChI is InChI=1S/C17H32N6O.HI/c1-15(2)13-22-10-11-24-16(14-22)12-20-17(18-3)19-6-4-8-23-9-5-7-21-23;/h5,7,9,15-16H,4,6,8,10-14H2,1-3H3,(H2,18,19,20);1H. The SMILES string of the molecule is CN=C(NCCCn1cccn1)NCC1CN(CC(C)C)CCO1.I. The molecule has 1 aliphatic heterocycles. The largest absolute Gasteiger partial charge is 0.374 e. The van der Waals surface area contributed by atoms with E-state index < -0.39 is 0 Å². The Bertz CT molecular complexity index is 479. The molecule has 1 saturated heterocycles. The number of rotatable bonds is 8. The zero-order valence-electron chi connectivity index (χ0n) is 15.6. The van der Waals surface area contributed by atoms with E-state index in [0.717, 1.165) is 58.3 Å². The number of hydrogen-bond donors (Lipinski definition) is 2. The van der Waals surface area contributed by atoms with Crippen LogP contribution >= 0.6 is 24.0 Å². The minimum atomic E-state index is 0. The van der Waals surface area contributed by atoms with Gasteiger partial charge < -0.3 is 15.4 Å². The molecule has 0 amide bonds. The van der Waals surface area contributed by atoms with Crippen molar-refractivity contribution < 1.29 is 4.74 Å². The van der Waals surface area contributed by atoms with Crippen LogP contribution in [0.4, 0.5) is 0 Å². The Morgan fingerprint density at radius 3 is 2.92 bits per heavy atom. The second-order valence-electron chi connectivity index (χ2n) is 6.65. The summed E-state index contributed by atoms with van der Waals surface area (Å²) in [5, 5.41) is 10.9. The lowest BCUT2D eigenvalue weighted by atomic mass is 10.2. The first-order valence-corrected chi connectivity index (χ1v) is 8.93. The van der Waals surface area contributed by atoms with Gasteiger partial charge in [-0.2, -0.15) is 5.10 Å². The van der Waals surface area contributed by atoms with Crippen molar-refractivity contribution >= 4 is 29.9 Å². The van der Waals surface area contributed by atoms with Crippen LogP contribution in [0.2, 0.25) is 0 Å². The fourth-order valence-corrected chi connectivity index (χ4v) is 2.90. The highest BCUT2D eigenvalue weighted by molar-refractivity contribution is 14.0. The Labute approximate surface area is 168 Å². The second-order valence-corrected chi connectivity index (χ2v) is 6.65. The molecule has 0 bridgehead atoms. The van der Waals surface area contributed by atoms with E-state index in [2.05, 4.69) is 39.5 Å². The fourth-order valence-electron chi connectivity index (χ4n) is 2.90. The van der Waals surface area contributed by atoms with E-state index in [0.29, 0.717) is 5.92 Å². The molecule has 1 aromatic rings. The maximum atomic E-state index is 5.86. The van der Waals surface area contributed by atoms with Gasteiger partial charge in [-0.05, 0) is 18.4 Å². The van der Waals surface area contributed by atoms with Crippen LogP contribution < -0.4 is 10.6 Å². The van der Waals surface area contributed by atoms with Gasteiger partial charge in [0.15, 0.2) is 5.96 Å². The number of nitrogens with one attached hydrogen (secondary N) is 2. The molecule has 2 heterocycles. The van der Waals surface area contributed by atoms with Crippen LogP contribution in [-0.2, 0) is 11.3 Å². The molecule has 144 valence electrons. The van der Waals surface area contributed by atoms with Gasteiger partial charge in [-0.25, -0.2) is 0 Å². The quantitative estimate of drug-likeness (QED) is 0.264. The van der Waals surface area contributed by atoms with Crippen molar-refractivity contribution in [3.05, 3.63) is 18.5 Å². The van der Waals surface area contributed by atoms with Crippen LogP contribution in [0.25, 0.3) is 0 Å². The summed E-state index contributed by atoms with van der Waals surface area (Å²) in [6.45, 7) is 11.1. The minimum Gasteiger partial charge on any atom is -0.374 e. The van der Waals surface area contributed by atoms with Crippen LogP contribution in [0.1, 0.15) is 20.3 Å². The van der Waals surface area contributed by atoms with E-state index in [1.54, 1.807) is 13.2 Å². The van der Waals surface area contributed by atoms with E-state index in [-0.39, 0.29) is 30.1 Å². The fraction of sp³-hybridized carbons (Fsp3) is 0.765. The van der Waals surface area contributed by atoms with Crippen molar-refractivity contribution in [2.75, 3.05) is 46.4 Å². The van der Waals surface area contributed by atoms with Gasteiger partial charge in [0.2, 0.25) is 0 Å². The highest BCUT2D eigenvalue weighted by Crippen LogP contribution is 2.07. The van der Waals surface area contributed by atoms with E-state index in [1.165, 1.54) is 0 Å². The number of aryl methyl sites for hydroxylation is 1. The molecule has 25 heavy (non-hydrogen) atoms. The molecular weight excluding hydrogens is 431 g/mol. The molecule has 1 aromatic heterocycles. The molecule has 0 aliphatic carbocycles. The average Bonchev–Trinajstić information content (AvgIpc) is 3.07. The third-order valence-electron chi connectivity index (χ3n) is 3.98. The third kappa shape index (κ3) is 8.87. The summed E-state index contributed by atoms with van der Waals surface area (Å²) >= 11 is 0. The topological polar surface area (TPSA) is 66.7 Å². The lowest BCUT2D eigenvalue weighted by Gasteiger charge is -2.34. The van der Waals surface area contributed by atoms with Gasteiger partial charge in [0.05, 0.1) is 12.7 Å². The summed E-state index contributed by atoms with van der Waals surface area (Å²) < 4.78 is 7.80. The Morgan fingerprint density at radius 1 is 1.40 bits per heavy atom. The van der Waals surface area contributed by atoms with Crippen molar-refractivity contribution in [3.8, 4) is 0 Å². The van der Waals surface area contributed by atoms with Gasteiger partial charge in [-0.3, -0.25) is 14.6 Å². The monoisotopic (exact) mass is 464 g/mol. The van der Waals surface area contributed by atoms with E-state index in [4.69, 9.17) is 4.74 Å². The maximum Gasteiger partial charge on any atom is 0.191 e. The van der Waals surface area contributed by atoms with Gasteiger partial charge >= 0.3 is 0 Å². The van der Waals surface area contributed by atoms with E-state index >= 15 is 0 Å². The molecule has 0 radical (unpaired) electrons. The number of aliphatic imine (C=N–C) groups is 1. The molecule has 0 spiro atoms. The predicted octanol–water partition coefficient (Wildman–Crippen LogP) is 1.41. The summed E-state index contributed by atoms with van der Waals surface area (Å²) in [7, 11) is 1.80. The van der Waals surface area contributed by atoms with Crippen LogP contribution in [0.3, 0.4) is 0 Å². The van der Waals surface area contributed by atoms with Crippen molar-refractivity contribution in [1.82, 2.24) is 25.3 Å². The Balaban J connectivity index is 0.00000312.